The van der Waals surface area contributed by atoms with Gasteiger partial charge in [0.25, 0.3) is 0 Å². The van der Waals surface area contributed by atoms with Crippen molar-refractivity contribution in [3.05, 3.63) is 0 Å². The standard InChI is InChI=1S/C12H23N3O3/c1-8(2)11(16)13-4-5-14-12(17)10-6-9(18-3)7-15-10/h8-10,15H,4-7H2,1-3H3,(H,13,16)(H,14,17). The van der Waals surface area contributed by atoms with Gasteiger partial charge in [-0.05, 0) is 6.42 Å². The SMILES string of the molecule is COC1CNC(C(=O)NCCNC(=O)C(C)C)C1. The Balaban J connectivity index is 2.13. The predicted molar refractivity (Wildman–Crippen MR) is 68.1 cm³/mol. The smallest absolute Gasteiger partial charge is 0.237 e. The Kier molecular flexibility index (Phi) is 6.07. The number of nitrogens with one attached hydrogen (secondary N) is 3. The molecular weight excluding hydrogens is 234 g/mol. The number of ether oxygens (including phenoxy) is 1. The molecule has 1 heterocycles. The molecule has 0 aromatic heterocycles. The van der Waals surface area contributed by atoms with E-state index < -0.39 is 0 Å². The van der Waals surface area contributed by atoms with Crippen LogP contribution in [0, 0.1) is 5.92 Å². The van der Waals surface area contributed by atoms with Crippen molar-refractivity contribution in [1.29, 1.82) is 0 Å². The zero-order valence-electron chi connectivity index (χ0n) is 11.3. The summed E-state index contributed by atoms with van der Waals surface area (Å²) in [6, 6.07) is -0.184. The van der Waals surface area contributed by atoms with Gasteiger partial charge in [-0.25, -0.2) is 0 Å². The first-order chi connectivity index (χ1) is 8.54. The van der Waals surface area contributed by atoms with Crippen molar-refractivity contribution >= 4 is 11.8 Å². The van der Waals surface area contributed by atoms with E-state index in [4.69, 9.17) is 4.74 Å². The van der Waals surface area contributed by atoms with E-state index in [2.05, 4.69) is 16.0 Å². The fraction of sp³-hybridized carbons (Fsp3) is 0.833. The Bertz CT molecular complexity index is 294. The molecule has 3 N–H and O–H groups in total. The molecular formula is C12H23N3O3. The minimum absolute atomic E-state index is 0.00249. The summed E-state index contributed by atoms with van der Waals surface area (Å²) in [7, 11) is 1.65. The summed E-state index contributed by atoms with van der Waals surface area (Å²) < 4.78 is 5.18. The minimum Gasteiger partial charge on any atom is -0.380 e. The minimum atomic E-state index is -0.184. The van der Waals surface area contributed by atoms with Crippen molar-refractivity contribution in [2.45, 2.75) is 32.4 Å². The molecule has 0 aromatic rings. The summed E-state index contributed by atoms with van der Waals surface area (Å²) in [5.74, 6) is -0.0595. The Morgan fingerprint density at radius 2 is 2.00 bits per heavy atom. The summed E-state index contributed by atoms with van der Waals surface area (Å²) >= 11 is 0. The van der Waals surface area contributed by atoms with Crippen molar-refractivity contribution in [3.63, 3.8) is 0 Å². The lowest BCUT2D eigenvalue weighted by atomic mass is 10.2. The molecule has 18 heavy (non-hydrogen) atoms. The van der Waals surface area contributed by atoms with Crippen LogP contribution in [0.2, 0.25) is 0 Å². The van der Waals surface area contributed by atoms with Crippen molar-refractivity contribution in [2.75, 3.05) is 26.7 Å². The van der Waals surface area contributed by atoms with Gasteiger partial charge in [0.2, 0.25) is 11.8 Å². The highest BCUT2D eigenvalue weighted by atomic mass is 16.5. The van der Waals surface area contributed by atoms with Crippen LogP contribution in [0.25, 0.3) is 0 Å². The van der Waals surface area contributed by atoms with Gasteiger partial charge in [-0.1, -0.05) is 13.8 Å². The molecule has 1 aliphatic rings. The topological polar surface area (TPSA) is 79.5 Å². The van der Waals surface area contributed by atoms with Gasteiger partial charge in [-0.2, -0.15) is 0 Å². The lowest BCUT2D eigenvalue weighted by Gasteiger charge is -2.12. The average Bonchev–Trinajstić information content (AvgIpc) is 2.82. The zero-order chi connectivity index (χ0) is 13.5. The largest absolute Gasteiger partial charge is 0.380 e. The van der Waals surface area contributed by atoms with Crippen LogP contribution in [0.5, 0.6) is 0 Å². The summed E-state index contributed by atoms with van der Waals surface area (Å²) in [5, 5.41) is 8.64. The first-order valence-corrected chi connectivity index (χ1v) is 6.36. The monoisotopic (exact) mass is 257 g/mol. The number of rotatable bonds is 6. The van der Waals surface area contributed by atoms with Crippen LogP contribution in [-0.2, 0) is 14.3 Å². The van der Waals surface area contributed by atoms with E-state index in [1.165, 1.54) is 0 Å². The molecule has 0 aromatic carbocycles. The second-order valence-corrected chi connectivity index (χ2v) is 4.79. The molecule has 2 amide bonds. The highest BCUT2D eigenvalue weighted by Crippen LogP contribution is 2.09. The van der Waals surface area contributed by atoms with E-state index in [1.807, 2.05) is 13.8 Å². The maximum absolute atomic E-state index is 11.7. The first kappa shape index (κ1) is 14.9. The fourth-order valence-electron chi connectivity index (χ4n) is 1.78. The molecule has 0 saturated carbocycles. The predicted octanol–water partition coefficient (Wildman–Crippen LogP) is -0.748. The summed E-state index contributed by atoms with van der Waals surface area (Å²) in [6.07, 6.45) is 0.808. The molecule has 1 fully saturated rings. The highest BCUT2D eigenvalue weighted by molar-refractivity contribution is 5.82. The van der Waals surface area contributed by atoms with Gasteiger partial charge in [-0.15, -0.1) is 0 Å². The third kappa shape index (κ3) is 4.62. The van der Waals surface area contributed by atoms with Gasteiger partial charge in [-0.3, -0.25) is 9.59 Å². The van der Waals surface area contributed by atoms with Gasteiger partial charge in [0.1, 0.15) is 0 Å². The molecule has 6 heteroatoms. The molecule has 2 atom stereocenters. The number of methoxy groups -OCH3 is 1. The Morgan fingerprint density at radius 3 is 2.56 bits per heavy atom. The van der Waals surface area contributed by atoms with E-state index in [0.29, 0.717) is 26.1 Å². The second kappa shape index (κ2) is 7.33. The van der Waals surface area contributed by atoms with Crippen molar-refractivity contribution in [1.82, 2.24) is 16.0 Å². The lowest BCUT2D eigenvalue weighted by Crippen LogP contribution is -2.43. The zero-order valence-corrected chi connectivity index (χ0v) is 11.3. The Hall–Kier alpha value is -1.14. The Labute approximate surface area is 108 Å². The molecule has 1 saturated heterocycles. The van der Waals surface area contributed by atoms with Gasteiger partial charge < -0.3 is 20.7 Å². The molecule has 0 aliphatic carbocycles. The van der Waals surface area contributed by atoms with Crippen molar-refractivity contribution in [3.8, 4) is 0 Å². The lowest BCUT2D eigenvalue weighted by molar-refractivity contribution is -0.125. The third-order valence-corrected chi connectivity index (χ3v) is 2.99. The molecule has 0 bridgehead atoms. The number of carbonyl (C=O) groups excluding carboxylic acids is 2. The number of carbonyl (C=O) groups is 2. The molecule has 2 unspecified atom stereocenters. The maximum Gasteiger partial charge on any atom is 0.237 e. The number of hydrogen-bond acceptors (Lipinski definition) is 4. The number of hydrogen-bond donors (Lipinski definition) is 3. The van der Waals surface area contributed by atoms with Crippen LogP contribution in [0.1, 0.15) is 20.3 Å². The highest BCUT2D eigenvalue weighted by Gasteiger charge is 2.28. The van der Waals surface area contributed by atoms with E-state index in [9.17, 15) is 9.59 Å². The molecule has 104 valence electrons. The molecule has 0 radical (unpaired) electrons. The summed E-state index contributed by atoms with van der Waals surface area (Å²) in [4.78, 5) is 23.0. The van der Waals surface area contributed by atoms with Crippen LogP contribution >= 0.6 is 0 Å². The van der Waals surface area contributed by atoms with Crippen LogP contribution in [0.4, 0.5) is 0 Å². The van der Waals surface area contributed by atoms with Crippen LogP contribution in [0.3, 0.4) is 0 Å². The van der Waals surface area contributed by atoms with Crippen molar-refractivity contribution < 1.29 is 14.3 Å². The second-order valence-electron chi connectivity index (χ2n) is 4.79. The first-order valence-electron chi connectivity index (χ1n) is 6.36. The fourth-order valence-corrected chi connectivity index (χ4v) is 1.78. The average molecular weight is 257 g/mol. The van der Waals surface area contributed by atoms with Crippen LogP contribution < -0.4 is 16.0 Å². The van der Waals surface area contributed by atoms with Crippen molar-refractivity contribution in [2.24, 2.45) is 5.92 Å². The van der Waals surface area contributed by atoms with E-state index >= 15 is 0 Å². The van der Waals surface area contributed by atoms with E-state index in [0.717, 1.165) is 0 Å². The quantitative estimate of drug-likeness (QED) is 0.547. The van der Waals surface area contributed by atoms with Gasteiger partial charge in [0, 0.05) is 32.7 Å². The molecule has 1 aliphatic heterocycles. The van der Waals surface area contributed by atoms with Crippen LogP contribution in [0.15, 0.2) is 0 Å². The van der Waals surface area contributed by atoms with Gasteiger partial charge in [0.15, 0.2) is 0 Å². The van der Waals surface area contributed by atoms with E-state index in [1.54, 1.807) is 7.11 Å². The van der Waals surface area contributed by atoms with Gasteiger partial charge in [0.05, 0.1) is 12.1 Å². The molecule has 6 nitrogen and oxygen atoms in total. The van der Waals surface area contributed by atoms with Crippen LogP contribution in [-0.4, -0.2) is 50.7 Å². The normalized spacial score (nSPS) is 23.1. The molecule has 1 rings (SSSR count). The number of amides is 2. The van der Waals surface area contributed by atoms with E-state index in [-0.39, 0.29) is 29.9 Å². The van der Waals surface area contributed by atoms with Gasteiger partial charge >= 0.3 is 0 Å². The molecule has 0 spiro atoms. The maximum atomic E-state index is 11.7. The third-order valence-electron chi connectivity index (χ3n) is 2.99. The Morgan fingerprint density at radius 1 is 1.33 bits per heavy atom. The summed E-state index contributed by atoms with van der Waals surface area (Å²) in [6.45, 7) is 5.29. The summed E-state index contributed by atoms with van der Waals surface area (Å²) in [5.41, 5.74) is 0.